The Labute approximate surface area is 179 Å². The molecule has 0 radical (unpaired) electrons. The van der Waals surface area contributed by atoms with Gasteiger partial charge in [0.1, 0.15) is 0 Å². The lowest BCUT2D eigenvalue weighted by Gasteiger charge is -2.15. The molecule has 1 heterocycles. The summed E-state index contributed by atoms with van der Waals surface area (Å²) in [4.78, 5) is 28.3. The first kappa shape index (κ1) is 21.3. The van der Waals surface area contributed by atoms with Gasteiger partial charge in [0.05, 0.1) is 23.8 Å². The molecule has 0 spiro atoms. The third-order valence-corrected chi connectivity index (χ3v) is 4.87. The van der Waals surface area contributed by atoms with Crippen LogP contribution in [-0.4, -0.2) is 28.6 Å². The molecule has 1 aromatic heterocycles. The van der Waals surface area contributed by atoms with Crippen LogP contribution in [0.4, 0.5) is 5.69 Å². The van der Waals surface area contributed by atoms with Crippen LogP contribution in [0, 0.1) is 0 Å². The molecule has 7 heteroatoms. The minimum absolute atomic E-state index is 0.0155. The van der Waals surface area contributed by atoms with Crippen LogP contribution in [0.15, 0.2) is 60.8 Å². The van der Waals surface area contributed by atoms with Crippen molar-refractivity contribution in [3.05, 3.63) is 76.9 Å². The molecule has 6 nitrogen and oxygen atoms in total. The molecule has 0 bridgehead atoms. The first-order valence-corrected chi connectivity index (χ1v) is 9.79. The summed E-state index contributed by atoms with van der Waals surface area (Å²) in [7, 11) is 0. The van der Waals surface area contributed by atoms with Gasteiger partial charge >= 0.3 is 5.97 Å². The lowest BCUT2D eigenvalue weighted by molar-refractivity contribution is -0.117. The van der Waals surface area contributed by atoms with Gasteiger partial charge in [0.25, 0.3) is 0 Å². The van der Waals surface area contributed by atoms with Gasteiger partial charge in [0.2, 0.25) is 11.8 Å². The van der Waals surface area contributed by atoms with E-state index in [-0.39, 0.29) is 17.2 Å². The van der Waals surface area contributed by atoms with Gasteiger partial charge in [0.15, 0.2) is 0 Å². The molecule has 0 fully saturated rings. The van der Waals surface area contributed by atoms with Crippen molar-refractivity contribution in [1.82, 2.24) is 4.98 Å². The van der Waals surface area contributed by atoms with Crippen LogP contribution in [0.3, 0.4) is 0 Å². The van der Waals surface area contributed by atoms with E-state index in [9.17, 15) is 14.7 Å². The van der Waals surface area contributed by atoms with Crippen molar-refractivity contribution >= 4 is 29.2 Å². The first-order chi connectivity index (χ1) is 14.4. The SMILES string of the molecule is CCOc1ccc(-c2ccc(C(C)C(=O)Nc3cc(Cl)ccc3C(=O)O)cc2)cn1. The highest BCUT2D eigenvalue weighted by Gasteiger charge is 2.19. The second-order valence-electron chi connectivity index (χ2n) is 6.65. The molecule has 0 saturated carbocycles. The number of carbonyl (C=O) groups is 2. The molecule has 2 N–H and O–H groups in total. The van der Waals surface area contributed by atoms with Gasteiger partial charge in [-0.1, -0.05) is 35.9 Å². The molecule has 3 aromatic rings. The molecule has 0 aliphatic heterocycles. The normalized spacial score (nSPS) is 11.6. The molecule has 1 amide bonds. The second kappa shape index (κ2) is 9.41. The smallest absolute Gasteiger partial charge is 0.337 e. The van der Waals surface area contributed by atoms with Crippen molar-refractivity contribution < 1.29 is 19.4 Å². The van der Waals surface area contributed by atoms with Crippen molar-refractivity contribution in [2.75, 3.05) is 11.9 Å². The number of ether oxygens (including phenoxy) is 1. The van der Waals surface area contributed by atoms with Crippen LogP contribution in [0.1, 0.15) is 35.7 Å². The van der Waals surface area contributed by atoms with E-state index >= 15 is 0 Å². The molecule has 0 saturated heterocycles. The van der Waals surface area contributed by atoms with Gasteiger partial charge in [-0.25, -0.2) is 9.78 Å². The number of aromatic carboxylic acids is 1. The average Bonchev–Trinajstić information content (AvgIpc) is 2.74. The largest absolute Gasteiger partial charge is 0.478 e. The Morgan fingerprint density at radius 3 is 2.40 bits per heavy atom. The number of carboxylic acid groups (broad SMARTS) is 1. The highest BCUT2D eigenvalue weighted by molar-refractivity contribution is 6.31. The molecule has 154 valence electrons. The summed E-state index contributed by atoms with van der Waals surface area (Å²) < 4.78 is 5.35. The predicted octanol–water partition coefficient (Wildman–Crippen LogP) is 5.24. The van der Waals surface area contributed by atoms with Crippen molar-refractivity contribution in [2.45, 2.75) is 19.8 Å². The third kappa shape index (κ3) is 4.96. The molecular formula is C23H21ClN2O4. The number of halogens is 1. The molecule has 0 aliphatic rings. The van der Waals surface area contributed by atoms with Gasteiger partial charge in [-0.05, 0) is 49.2 Å². The van der Waals surface area contributed by atoms with E-state index in [1.54, 1.807) is 13.1 Å². The Hall–Kier alpha value is -3.38. The van der Waals surface area contributed by atoms with E-state index in [1.165, 1.54) is 18.2 Å². The lowest BCUT2D eigenvalue weighted by atomic mass is 9.97. The number of nitrogens with one attached hydrogen (secondary N) is 1. The van der Waals surface area contributed by atoms with Crippen molar-refractivity contribution in [2.24, 2.45) is 0 Å². The number of amides is 1. The van der Waals surface area contributed by atoms with Gasteiger partial charge in [-0.2, -0.15) is 0 Å². The van der Waals surface area contributed by atoms with E-state index < -0.39 is 11.9 Å². The van der Waals surface area contributed by atoms with Crippen molar-refractivity contribution in [3.63, 3.8) is 0 Å². The molecule has 3 rings (SSSR count). The highest BCUT2D eigenvalue weighted by Crippen LogP contribution is 2.26. The first-order valence-electron chi connectivity index (χ1n) is 9.42. The fourth-order valence-corrected chi connectivity index (χ4v) is 3.12. The monoisotopic (exact) mass is 424 g/mol. The predicted molar refractivity (Wildman–Crippen MR) is 116 cm³/mol. The zero-order chi connectivity index (χ0) is 21.7. The second-order valence-corrected chi connectivity index (χ2v) is 7.08. The number of pyridine rings is 1. The number of hydrogen-bond donors (Lipinski definition) is 2. The Balaban J connectivity index is 1.74. The van der Waals surface area contributed by atoms with Crippen LogP contribution in [-0.2, 0) is 4.79 Å². The topological polar surface area (TPSA) is 88.5 Å². The maximum absolute atomic E-state index is 12.7. The van der Waals surface area contributed by atoms with E-state index in [4.69, 9.17) is 16.3 Å². The summed E-state index contributed by atoms with van der Waals surface area (Å²) in [6.07, 6.45) is 1.74. The van der Waals surface area contributed by atoms with Crippen LogP contribution in [0.5, 0.6) is 5.88 Å². The molecule has 0 aliphatic carbocycles. The minimum Gasteiger partial charge on any atom is -0.478 e. The number of carboxylic acids is 1. The van der Waals surface area contributed by atoms with Crippen LogP contribution in [0.2, 0.25) is 5.02 Å². The molecule has 2 aromatic carbocycles. The summed E-state index contributed by atoms with van der Waals surface area (Å²) in [6, 6.07) is 15.6. The summed E-state index contributed by atoms with van der Waals surface area (Å²) in [5, 5.41) is 12.3. The Bertz CT molecular complexity index is 1050. The van der Waals surface area contributed by atoms with Gasteiger partial charge in [-0.15, -0.1) is 0 Å². The molecule has 1 unspecified atom stereocenters. The Kier molecular flexibility index (Phi) is 6.69. The molecule has 1 atom stereocenters. The minimum atomic E-state index is -1.14. The number of benzene rings is 2. The summed E-state index contributed by atoms with van der Waals surface area (Å²) >= 11 is 5.95. The van der Waals surface area contributed by atoms with Crippen LogP contribution >= 0.6 is 11.6 Å². The fraction of sp³-hybridized carbons (Fsp3) is 0.174. The summed E-state index contributed by atoms with van der Waals surface area (Å²) in [5.41, 5.74) is 2.85. The van der Waals surface area contributed by atoms with E-state index in [0.29, 0.717) is 17.5 Å². The lowest BCUT2D eigenvalue weighted by Crippen LogP contribution is -2.20. The standard InChI is InChI=1S/C23H21ClN2O4/c1-3-30-21-11-8-17(13-25-21)16-6-4-15(5-7-16)14(2)22(27)26-20-12-18(24)9-10-19(20)23(28)29/h4-14H,3H2,1-2H3,(H,26,27)(H,28,29). The van der Waals surface area contributed by atoms with Crippen LogP contribution < -0.4 is 10.1 Å². The van der Waals surface area contributed by atoms with Crippen LogP contribution in [0.25, 0.3) is 11.1 Å². The van der Waals surface area contributed by atoms with Gasteiger partial charge in [0, 0.05) is 22.8 Å². The van der Waals surface area contributed by atoms with Gasteiger partial charge < -0.3 is 15.2 Å². The average molecular weight is 425 g/mol. The van der Waals surface area contributed by atoms with Gasteiger partial charge in [-0.3, -0.25) is 4.79 Å². The number of anilines is 1. The summed E-state index contributed by atoms with van der Waals surface area (Å²) in [6.45, 7) is 4.22. The zero-order valence-electron chi connectivity index (χ0n) is 16.6. The maximum Gasteiger partial charge on any atom is 0.337 e. The number of carbonyl (C=O) groups excluding carboxylic acids is 1. The molecule has 30 heavy (non-hydrogen) atoms. The number of nitrogens with zero attached hydrogens (tertiary/aromatic N) is 1. The van der Waals surface area contributed by atoms with E-state index in [1.807, 2.05) is 43.3 Å². The Morgan fingerprint density at radius 1 is 1.10 bits per heavy atom. The quantitative estimate of drug-likeness (QED) is 0.541. The number of aromatic nitrogens is 1. The van der Waals surface area contributed by atoms with E-state index in [2.05, 4.69) is 10.3 Å². The maximum atomic E-state index is 12.7. The van der Waals surface area contributed by atoms with E-state index in [0.717, 1.165) is 16.7 Å². The van der Waals surface area contributed by atoms with Crippen molar-refractivity contribution in [1.29, 1.82) is 0 Å². The third-order valence-electron chi connectivity index (χ3n) is 4.64. The Morgan fingerprint density at radius 2 is 1.80 bits per heavy atom. The molecular weight excluding hydrogens is 404 g/mol. The highest BCUT2D eigenvalue weighted by atomic mass is 35.5. The zero-order valence-corrected chi connectivity index (χ0v) is 17.3. The fourth-order valence-electron chi connectivity index (χ4n) is 2.95. The summed E-state index contributed by atoms with van der Waals surface area (Å²) in [5.74, 6) is -1.37. The van der Waals surface area contributed by atoms with Crippen molar-refractivity contribution in [3.8, 4) is 17.0 Å². The number of hydrogen-bond acceptors (Lipinski definition) is 4. The number of rotatable bonds is 7.